The van der Waals surface area contributed by atoms with Gasteiger partial charge in [0, 0.05) is 31.1 Å². The number of hydrogen-bond donors (Lipinski definition) is 1. The van der Waals surface area contributed by atoms with Gasteiger partial charge in [0.05, 0.1) is 30.9 Å². The van der Waals surface area contributed by atoms with Crippen LogP contribution in [0, 0.1) is 0 Å². The van der Waals surface area contributed by atoms with Crippen molar-refractivity contribution in [3.05, 3.63) is 82.1 Å². The number of rotatable bonds is 12. The van der Waals surface area contributed by atoms with E-state index in [-0.39, 0.29) is 42.8 Å². The average Bonchev–Trinajstić information content (AvgIpc) is 3.46. The first-order valence-electron chi connectivity index (χ1n) is 13.0. The number of ketones is 1. The van der Waals surface area contributed by atoms with Crippen molar-refractivity contribution in [1.29, 1.82) is 0 Å². The molecule has 11 heteroatoms. The molecule has 4 aromatic rings. The van der Waals surface area contributed by atoms with Gasteiger partial charge in [-0.15, -0.1) is 0 Å². The summed E-state index contributed by atoms with van der Waals surface area (Å²) >= 11 is 1.16. The smallest absolute Gasteiger partial charge is 0.262 e. The third-order valence-electron chi connectivity index (χ3n) is 6.59. The number of amides is 1. The lowest BCUT2D eigenvalue weighted by Crippen LogP contribution is -2.30. The van der Waals surface area contributed by atoms with Crippen LogP contribution in [0.1, 0.15) is 22.3 Å². The van der Waals surface area contributed by atoms with Crippen LogP contribution in [0.3, 0.4) is 0 Å². The van der Waals surface area contributed by atoms with E-state index in [2.05, 4.69) is 10.3 Å². The molecule has 1 aromatic heterocycles. The van der Waals surface area contributed by atoms with Gasteiger partial charge in [0.1, 0.15) is 0 Å². The topological polar surface area (TPSA) is 118 Å². The molecule has 1 N–H and O–H groups in total. The van der Waals surface area contributed by atoms with E-state index in [0.717, 1.165) is 17.3 Å². The number of nitrogens with one attached hydrogen (secondary N) is 1. The van der Waals surface area contributed by atoms with E-state index in [1.54, 1.807) is 50.6 Å². The number of methoxy groups -OCH3 is 2. The summed E-state index contributed by atoms with van der Waals surface area (Å²) in [5, 5.41) is 3.60. The number of aromatic nitrogens is 2. The van der Waals surface area contributed by atoms with Crippen molar-refractivity contribution >= 4 is 34.4 Å². The first-order valence-corrected chi connectivity index (χ1v) is 14.0. The highest BCUT2D eigenvalue weighted by molar-refractivity contribution is 7.99. The fraction of sp³-hybridized carbons (Fsp3) is 0.267. The lowest BCUT2D eigenvalue weighted by Gasteiger charge is -2.14. The molecule has 0 radical (unpaired) electrons. The van der Waals surface area contributed by atoms with Crippen molar-refractivity contribution in [2.45, 2.75) is 24.5 Å². The number of hydrogen-bond acceptors (Lipinski definition) is 9. The maximum atomic E-state index is 13.6. The van der Waals surface area contributed by atoms with Crippen molar-refractivity contribution in [3.8, 4) is 23.0 Å². The third-order valence-corrected chi connectivity index (χ3v) is 7.56. The van der Waals surface area contributed by atoms with Crippen LogP contribution in [-0.2, 0) is 17.8 Å². The number of ether oxygens (including phenoxy) is 4. The molecule has 0 aliphatic carbocycles. The van der Waals surface area contributed by atoms with Crippen LogP contribution in [0.2, 0.25) is 0 Å². The summed E-state index contributed by atoms with van der Waals surface area (Å²) < 4.78 is 22.9. The molecule has 10 nitrogen and oxygen atoms in total. The standard InChI is InChI=1S/C30H29N3O7S/c1-37-24-9-8-19(14-25(24)38-2)10-12-31-28(35)11-13-33-29(36)21-15-26-27(40-18-39-26)16-22(21)32-30(33)41-17-23(34)20-6-4-3-5-7-20/h3-9,14-16H,10-13,17-18H2,1-2H3,(H,31,35). The molecule has 0 saturated carbocycles. The van der Waals surface area contributed by atoms with Crippen LogP contribution in [-0.4, -0.2) is 54.6 Å². The van der Waals surface area contributed by atoms with Gasteiger partial charge < -0.3 is 24.3 Å². The highest BCUT2D eigenvalue weighted by Crippen LogP contribution is 2.35. The summed E-state index contributed by atoms with van der Waals surface area (Å²) in [4.78, 5) is 43.7. The summed E-state index contributed by atoms with van der Waals surface area (Å²) in [7, 11) is 3.15. The van der Waals surface area contributed by atoms with Gasteiger partial charge in [-0.1, -0.05) is 48.2 Å². The summed E-state index contributed by atoms with van der Waals surface area (Å²) in [5.41, 5.74) is 1.68. The van der Waals surface area contributed by atoms with Crippen LogP contribution >= 0.6 is 11.8 Å². The highest BCUT2D eigenvalue weighted by Gasteiger charge is 2.20. The lowest BCUT2D eigenvalue weighted by atomic mass is 10.1. The van der Waals surface area contributed by atoms with E-state index in [1.807, 2.05) is 24.3 Å². The van der Waals surface area contributed by atoms with E-state index in [4.69, 9.17) is 18.9 Å². The molecule has 212 valence electrons. The fourth-order valence-corrected chi connectivity index (χ4v) is 5.34. The van der Waals surface area contributed by atoms with Gasteiger partial charge in [-0.05, 0) is 30.2 Å². The van der Waals surface area contributed by atoms with E-state index in [1.165, 1.54) is 4.57 Å². The van der Waals surface area contributed by atoms with Crippen molar-refractivity contribution in [1.82, 2.24) is 14.9 Å². The molecule has 0 unspecified atom stereocenters. The Morgan fingerprint density at radius 3 is 2.51 bits per heavy atom. The minimum Gasteiger partial charge on any atom is -0.493 e. The predicted octanol–water partition coefficient (Wildman–Crippen LogP) is 3.87. The van der Waals surface area contributed by atoms with Crippen molar-refractivity contribution in [2.24, 2.45) is 0 Å². The molecule has 1 amide bonds. The first kappa shape index (κ1) is 28.0. The molecule has 0 bridgehead atoms. The molecule has 41 heavy (non-hydrogen) atoms. The van der Waals surface area contributed by atoms with Gasteiger partial charge in [-0.3, -0.25) is 19.0 Å². The van der Waals surface area contributed by atoms with Gasteiger partial charge in [0.25, 0.3) is 5.56 Å². The van der Waals surface area contributed by atoms with Crippen LogP contribution in [0.4, 0.5) is 0 Å². The number of nitrogens with zero attached hydrogens (tertiary/aromatic N) is 2. The van der Waals surface area contributed by atoms with E-state index in [9.17, 15) is 14.4 Å². The Morgan fingerprint density at radius 2 is 1.76 bits per heavy atom. The second-order valence-corrected chi connectivity index (χ2v) is 10.1. The second-order valence-electron chi connectivity index (χ2n) is 9.19. The quantitative estimate of drug-likeness (QED) is 0.153. The number of fused-ring (bicyclic) bond motifs is 2. The van der Waals surface area contributed by atoms with Crippen LogP contribution in [0.25, 0.3) is 10.9 Å². The second kappa shape index (κ2) is 12.8. The minimum atomic E-state index is -0.318. The van der Waals surface area contributed by atoms with E-state index >= 15 is 0 Å². The predicted molar refractivity (Wildman–Crippen MR) is 154 cm³/mol. The Labute approximate surface area is 240 Å². The normalized spacial score (nSPS) is 11.9. The van der Waals surface area contributed by atoms with Gasteiger partial charge >= 0.3 is 0 Å². The van der Waals surface area contributed by atoms with Crippen molar-refractivity contribution in [2.75, 3.05) is 33.3 Å². The molecule has 1 aliphatic heterocycles. The number of carbonyl (C=O) groups excluding carboxylic acids is 2. The maximum Gasteiger partial charge on any atom is 0.262 e. The monoisotopic (exact) mass is 575 g/mol. The van der Waals surface area contributed by atoms with Crippen LogP contribution < -0.4 is 29.8 Å². The SMILES string of the molecule is COc1ccc(CCNC(=O)CCn2c(SCC(=O)c3ccccc3)nc3cc4c(cc3c2=O)OCO4)cc1OC. The third kappa shape index (κ3) is 6.46. The molecule has 2 heterocycles. The average molecular weight is 576 g/mol. The number of thioether (sulfide) groups is 1. The van der Waals surface area contributed by atoms with Crippen molar-refractivity contribution < 1.29 is 28.5 Å². The molecule has 1 aliphatic rings. The number of carbonyl (C=O) groups is 2. The minimum absolute atomic E-state index is 0.0593. The summed E-state index contributed by atoms with van der Waals surface area (Å²) in [6.07, 6.45) is 0.656. The Morgan fingerprint density at radius 1 is 1.00 bits per heavy atom. The highest BCUT2D eigenvalue weighted by atomic mass is 32.2. The van der Waals surface area contributed by atoms with Crippen LogP contribution in [0.5, 0.6) is 23.0 Å². The largest absolute Gasteiger partial charge is 0.493 e. The number of benzene rings is 3. The maximum absolute atomic E-state index is 13.6. The van der Waals surface area contributed by atoms with Gasteiger partial charge in [-0.2, -0.15) is 0 Å². The molecule has 5 rings (SSSR count). The Balaban J connectivity index is 1.29. The molecule has 0 fully saturated rings. The molecule has 3 aromatic carbocycles. The number of Topliss-reactive ketones (excluding diaryl/α,β-unsaturated/α-hetero) is 1. The zero-order valence-corrected chi connectivity index (χ0v) is 23.5. The molecule has 0 saturated heterocycles. The van der Waals surface area contributed by atoms with Gasteiger partial charge in [-0.25, -0.2) is 4.98 Å². The summed E-state index contributed by atoms with van der Waals surface area (Å²) in [6.45, 7) is 0.576. The van der Waals surface area contributed by atoms with E-state index < -0.39 is 0 Å². The molecule has 0 spiro atoms. The van der Waals surface area contributed by atoms with Crippen LogP contribution in [0.15, 0.2) is 70.6 Å². The Bertz CT molecular complexity index is 1640. The Hall–Kier alpha value is -4.51. The summed E-state index contributed by atoms with van der Waals surface area (Å²) in [5.74, 6) is 2.03. The summed E-state index contributed by atoms with van der Waals surface area (Å²) in [6, 6.07) is 17.8. The van der Waals surface area contributed by atoms with E-state index in [0.29, 0.717) is 57.6 Å². The fourth-order valence-electron chi connectivity index (χ4n) is 4.42. The van der Waals surface area contributed by atoms with Gasteiger partial charge in [0.15, 0.2) is 33.9 Å². The lowest BCUT2D eigenvalue weighted by molar-refractivity contribution is -0.121. The zero-order chi connectivity index (χ0) is 28.8. The Kier molecular flexibility index (Phi) is 8.73. The molecular formula is C30H29N3O7S. The van der Waals surface area contributed by atoms with Crippen molar-refractivity contribution in [3.63, 3.8) is 0 Å². The molecule has 0 atom stereocenters. The first-order chi connectivity index (χ1) is 20.0. The van der Waals surface area contributed by atoms with Gasteiger partial charge in [0.2, 0.25) is 12.7 Å². The zero-order valence-electron chi connectivity index (χ0n) is 22.7. The molecular weight excluding hydrogens is 546 g/mol.